The topological polar surface area (TPSA) is 70.6 Å². The molecule has 3 aromatic rings. The Morgan fingerprint density at radius 3 is 2.28 bits per heavy atom. The highest BCUT2D eigenvalue weighted by Crippen LogP contribution is 2.33. The number of aryl methyl sites for hydroxylation is 1. The molecular formula is C22H27Cl2N3O3S2. The first-order valence-corrected chi connectivity index (χ1v) is 13.1. The number of carbonyl (C=O) groups is 1. The molecule has 0 aliphatic rings. The maximum atomic E-state index is 13.4. The number of likely N-dealkylation sites (N-methyl/N-ethyl adjacent to an activating group) is 1. The van der Waals surface area contributed by atoms with Gasteiger partial charge in [0, 0.05) is 29.9 Å². The highest BCUT2D eigenvalue weighted by atomic mass is 35.5. The van der Waals surface area contributed by atoms with Crippen molar-refractivity contribution in [2.24, 2.45) is 0 Å². The van der Waals surface area contributed by atoms with Crippen molar-refractivity contribution in [2.75, 3.05) is 37.3 Å². The van der Waals surface area contributed by atoms with Gasteiger partial charge in [0.05, 0.1) is 15.1 Å². The fraction of sp³-hybridized carbons (Fsp3) is 0.364. The maximum Gasteiger partial charge on any atom is 0.260 e. The SMILES string of the molecule is CCN(CC)CCN(C(=O)c1ccc(S(C)(=O)=O)cc1)c1nc2c(C)cc(Cl)cc2s1.Cl. The van der Waals surface area contributed by atoms with Gasteiger partial charge in [0.15, 0.2) is 15.0 Å². The molecule has 0 N–H and O–H groups in total. The van der Waals surface area contributed by atoms with E-state index >= 15 is 0 Å². The van der Waals surface area contributed by atoms with Crippen molar-refractivity contribution in [1.82, 2.24) is 9.88 Å². The highest BCUT2D eigenvalue weighted by Gasteiger charge is 2.23. The van der Waals surface area contributed by atoms with E-state index in [1.165, 1.54) is 23.5 Å². The van der Waals surface area contributed by atoms with Crippen molar-refractivity contribution < 1.29 is 13.2 Å². The largest absolute Gasteiger partial charge is 0.302 e. The predicted molar refractivity (Wildman–Crippen MR) is 136 cm³/mol. The van der Waals surface area contributed by atoms with Gasteiger partial charge >= 0.3 is 0 Å². The summed E-state index contributed by atoms with van der Waals surface area (Å²) in [5.74, 6) is -0.213. The average molecular weight is 517 g/mol. The molecule has 6 nitrogen and oxygen atoms in total. The molecule has 0 radical (unpaired) electrons. The Morgan fingerprint density at radius 1 is 1.09 bits per heavy atom. The van der Waals surface area contributed by atoms with E-state index in [0.717, 1.165) is 35.1 Å². The van der Waals surface area contributed by atoms with Gasteiger partial charge in [-0.3, -0.25) is 9.69 Å². The van der Waals surface area contributed by atoms with Gasteiger partial charge < -0.3 is 4.90 Å². The third kappa shape index (κ3) is 5.99. The van der Waals surface area contributed by atoms with Crippen LogP contribution in [0.5, 0.6) is 0 Å². The number of thiazole rings is 1. The molecule has 0 saturated carbocycles. The quantitative estimate of drug-likeness (QED) is 0.418. The highest BCUT2D eigenvalue weighted by molar-refractivity contribution is 7.90. The van der Waals surface area contributed by atoms with E-state index in [0.29, 0.717) is 28.8 Å². The van der Waals surface area contributed by atoms with Gasteiger partial charge in [-0.05, 0) is 62.0 Å². The van der Waals surface area contributed by atoms with Crippen LogP contribution in [0.25, 0.3) is 10.2 Å². The molecule has 1 aromatic heterocycles. The number of hydrogen-bond acceptors (Lipinski definition) is 6. The first-order valence-electron chi connectivity index (χ1n) is 10.0. The molecule has 0 aliphatic carbocycles. The Hall–Kier alpha value is -1.71. The van der Waals surface area contributed by atoms with Crippen molar-refractivity contribution in [3.8, 4) is 0 Å². The second-order valence-electron chi connectivity index (χ2n) is 7.35. The van der Waals surface area contributed by atoms with Crippen LogP contribution in [0.2, 0.25) is 5.02 Å². The van der Waals surface area contributed by atoms with Gasteiger partial charge in [-0.25, -0.2) is 13.4 Å². The zero-order chi connectivity index (χ0) is 22.8. The molecule has 32 heavy (non-hydrogen) atoms. The molecule has 174 valence electrons. The first kappa shape index (κ1) is 26.5. The number of amides is 1. The number of benzene rings is 2. The minimum atomic E-state index is -3.33. The number of halogens is 2. The van der Waals surface area contributed by atoms with Crippen molar-refractivity contribution in [3.05, 3.63) is 52.5 Å². The van der Waals surface area contributed by atoms with Crippen LogP contribution in [0.1, 0.15) is 29.8 Å². The van der Waals surface area contributed by atoms with Crippen LogP contribution in [-0.2, 0) is 9.84 Å². The van der Waals surface area contributed by atoms with Crippen LogP contribution in [0.3, 0.4) is 0 Å². The zero-order valence-corrected chi connectivity index (χ0v) is 21.7. The van der Waals surface area contributed by atoms with E-state index < -0.39 is 9.84 Å². The zero-order valence-electron chi connectivity index (χ0n) is 18.5. The molecule has 0 fully saturated rings. The van der Waals surface area contributed by atoms with Crippen LogP contribution < -0.4 is 4.90 Å². The van der Waals surface area contributed by atoms with Gasteiger partial charge in [-0.2, -0.15) is 0 Å². The van der Waals surface area contributed by atoms with Crippen molar-refractivity contribution >= 4 is 66.4 Å². The number of hydrogen-bond donors (Lipinski definition) is 0. The molecule has 2 aromatic carbocycles. The minimum absolute atomic E-state index is 0. The van der Waals surface area contributed by atoms with Crippen molar-refractivity contribution in [2.45, 2.75) is 25.7 Å². The fourth-order valence-electron chi connectivity index (χ4n) is 3.32. The van der Waals surface area contributed by atoms with Gasteiger partial charge in [0.25, 0.3) is 5.91 Å². The summed E-state index contributed by atoms with van der Waals surface area (Å²) in [7, 11) is -3.33. The third-order valence-corrected chi connectivity index (χ3v) is 7.55. The lowest BCUT2D eigenvalue weighted by molar-refractivity contribution is 0.0983. The molecular weight excluding hydrogens is 489 g/mol. The lowest BCUT2D eigenvalue weighted by atomic mass is 10.2. The van der Waals surface area contributed by atoms with Crippen LogP contribution in [0.15, 0.2) is 41.3 Å². The summed E-state index contributed by atoms with van der Waals surface area (Å²) in [5, 5.41) is 1.24. The lowest BCUT2D eigenvalue weighted by Gasteiger charge is -2.24. The lowest BCUT2D eigenvalue weighted by Crippen LogP contribution is -2.38. The van der Waals surface area contributed by atoms with Crippen LogP contribution >= 0.6 is 35.3 Å². The Labute approximate surface area is 204 Å². The Morgan fingerprint density at radius 2 is 1.72 bits per heavy atom. The van der Waals surface area contributed by atoms with Gasteiger partial charge in [-0.1, -0.05) is 36.8 Å². The van der Waals surface area contributed by atoms with Gasteiger partial charge in [-0.15, -0.1) is 12.4 Å². The molecule has 0 spiro atoms. The molecule has 0 aliphatic heterocycles. The molecule has 1 amide bonds. The monoisotopic (exact) mass is 515 g/mol. The smallest absolute Gasteiger partial charge is 0.260 e. The van der Waals surface area contributed by atoms with Crippen molar-refractivity contribution in [3.63, 3.8) is 0 Å². The fourth-order valence-corrected chi connectivity index (χ4v) is 5.40. The van der Waals surface area contributed by atoms with Crippen LogP contribution in [0.4, 0.5) is 5.13 Å². The minimum Gasteiger partial charge on any atom is -0.302 e. The predicted octanol–water partition coefficient (Wildman–Crippen LogP) is 5.07. The normalized spacial score (nSPS) is 11.6. The van der Waals surface area contributed by atoms with Gasteiger partial charge in [0.2, 0.25) is 0 Å². The summed E-state index contributed by atoms with van der Waals surface area (Å²) in [6.07, 6.45) is 1.15. The summed E-state index contributed by atoms with van der Waals surface area (Å²) < 4.78 is 24.4. The molecule has 0 unspecified atom stereocenters. The number of nitrogens with zero attached hydrogens (tertiary/aromatic N) is 3. The third-order valence-electron chi connectivity index (χ3n) is 5.18. The van der Waals surface area contributed by atoms with E-state index in [1.807, 2.05) is 19.1 Å². The number of rotatable bonds is 8. The maximum absolute atomic E-state index is 13.4. The second kappa shape index (κ2) is 10.9. The Kier molecular flexibility index (Phi) is 9.07. The Balaban J connectivity index is 0.00000363. The Bertz CT molecular complexity index is 1190. The summed E-state index contributed by atoms with van der Waals surface area (Å²) in [6, 6.07) is 9.76. The number of sulfone groups is 1. The summed E-state index contributed by atoms with van der Waals surface area (Å²) in [4.78, 5) is 22.3. The van der Waals surface area contributed by atoms with Gasteiger partial charge in [0.1, 0.15) is 0 Å². The van der Waals surface area contributed by atoms with E-state index in [-0.39, 0.29) is 23.2 Å². The number of anilines is 1. The number of carbonyl (C=O) groups excluding carboxylic acids is 1. The average Bonchev–Trinajstić information content (AvgIpc) is 3.14. The van der Waals surface area contributed by atoms with Crippen molar-refractivity contribution in [1.29, 1.82) is 0 Å². The first-order chi connectivity index (χ1) is 14.6. The summed E-state index contributed by atoms with van der Waals surface area (Å²) >= 11 is 7.63. The number of aromatic nitrogens is 1. The van der Waals surface area contributed by atoms with Crippen LogP contribution in [-0.4, -0.2) is 56.6 Å². The van der Waals surface area contributed by atoms with E-state index in [2.05, 4.69) is 18.7 Å². The van der Waals surface area contributed by atoms with Crippen LogP contribution in [0, 0.1) is 6.92 Å². The molecule has 0 saturated heterocycles. The van der Waals surface area contributed by atoms with E-state index in [9.17, 15) is 13.2 Å². The standard InChI is InChI=1S/C22H26ClN3O3S2.ClH/c1-5-25(6-2)11-12-26(21(27)16-7-9-18(10-8-16)31(4,28)29)22-24-20-15(3)13-17(23)14-19(20)30-22;/h7-10,13-14H,5-6,11-12H2,1-4H3;1H. The second-order valence-corrected chi connectivity index (χ2v) is 10.8. The molecule has 0 bridgehead atoms. The molecule has 1 heterocycles. The molecule has 3 rings (SSSR count). The summed E-state index contributed by atoms with van der Waals surface area (Å²) in [6.45, 7) is 9.07. The summed E-state index contributed by atoms with van der Waals surface area (Å²) in [5.41, 5.74) is 2.21. The molecule has 10 heteroatoms. The van der Waals surface area contributed by atoms with E-state index in [1.54, 1.807) is 17.0 Å². The number of fused-ring (bicyclic) bond motifs is 1. The van der Waals surface area contributed by atoms with E-state index in [4.69, 9.17) is 16.6 Å². The molecule has 0 atom stereocenters.